The molecule has 2 aromatic carbocycles. The first-order chi connectivity index (χ1) is 14.1. The molecule has 0 saturated heterocycles. The number of carbonyl (C=O) groups excluding carboxylic acids is 1. The smallest absolute Gasteiger partial charge is 0.159 e. The van der Waals surface area contributed by atoms with E-state index in [4.69, 9.17) is 0 Å². The molecule has 0 fully saturated rings. The molecule has 170 valence electrons. The molecule has 0 aliphatic heterocycles. The first-order valence-corrected chi connectivity index (χ1v) is 11.5. The van der Waals surface area contributed by atoms with Crippen molar-refractivity contribution in [2.45, 2.75) is 101 Å². The zero-order valence-electron chi connectivity index (χ0n) is 21.4. The summed E-state index contributed by atoms with van der Waals surface area (Å²) < 4.78 is 0. The van der Waals surface area contributed by atoms with Crippen molar-refractivity contribution in [1.29, 1.82) is 0 Å². The second-order valence-corrected chi connectivity index (χ2v) is 8.05. The largest absolute Gasteiger partial charge is 0.508 e. The van der Waals surface area contributed by atoms with E-state index in [9.17, 15) is 9.90 Å². The Morgan fingerprint density at radius 1 is 0.867 bits per heavy atom. The molecule has 0 aliphatic carbocycles. The fourth-order valence-electron chi connectivity index (χ4n) is 2.94. The minimum absolute atomic E-state index is 0.0208. The summed E-state index contributed by atoms with van der Waals surface area (Å²) in [7, 11) is 0. The van der Waals surface area contributed by atoms with Gasteiger partial charge in [-0.2, -0.15) is 0 Å². The van der Waals surface area contributed by atoms with Crippen molar-refractivity contribution < 1.29 is 9.90 Å². The molecule has 0 atom stereocenters. The van der Waals surface area contributed by atoms with Gasteiger partial charge in [0.15, 0.2) is 5.78 Å². The molecule has 2 rings (SSSR count). The summed E-state index contributed by atoms with van der Waals surface area (Å²) in [4.78, 5) is 11.5. The van der Waals surface area contributed by atoms with Crippen LogP contribution >= 0.6 is 0 Å². The standard InChI is InChI=1S/C21H26O2.C3H8.2C2H6/c1-14-6-7-16(12-20(14)21(3,4)5)8-9-17-10-18(15(2)22)13-19(23)11-17;1-3-2;2*1-2/h6-7,10-13,23H,8-9H2,1-5H3;3H2,1-2H3;2*1-2H3. The zero-order chi connectivity index (χ0) is 23.9. The predicted octanol–water partition coefficient (Wildman–Crippen LogP) is 8.45. The molecule has 2 aromatic rings. The normalized spacial score (nSPS) is 9.83. The highest BCUT2D eigenvalue weighted by Crippen LogP contribution is 2.27. The monoisotopic (exact) mass is 414 g/mol. The van der Waals surface area contributed by atoms with Crippen LogP contribution in [0.2, 0.25) is 0 Å². The number of hydrogen-bond donors (Lipinski definition) is 1. The van der Waals surface area contributed by atoms with E-state index in [1.807, 2.05) is 33.8 Å². The molecule has 2 nitrogen and oxygen atoms in total. The van der Waals surface area contributed by atoms with Gasteiger partial charge in [-0.15, -0.1) is 0 Å². The second-order valence-electron chi connectivity index (χ2n) is 8.05. The molecule has 0 amide bonds. The van der Waals surface area contributed by atoms with Gasteiger partial charge < -0.3 is 5.11 Å². The Balaban J connectivity index is 0. The summed E-state index contributed by atoms with van der Waals surface area (Å²) in [6, 6.07) is 11.8. The van der Waals surface area contributed by atoms with E-state index in [-0.39, 0.29) is 16.9 Å². The number of phenols is 1. The number of benzene rings is 2. The van der Waals surface area contributed by atoms with Crippen LogP contribution in [0.3, 0.4) is 0 Å². The van der Waals surface area contributed by atoms with E-state index in [2.05, 4.69) is 59.7 Å². The number of carbonyl (C=O) groups is 1. The van der Waals surface area contributed by atoms with Crippen LogP contribution in [-0.4, -0.2) is 10.9 Å². The Labute approximate surface area is 186 Å². The molecule has 1 N–H and O–H groups in total. The zero-order valence-corrected chi connectivity index (χ0v) is 21.4. The van der Waals surface area contributed by atoms with Gasteiger partial charge in [-0.1, -0.05) is 86.9 Å². The molecule has 0 bridgehead atoms. The molecular formula is C28H46O2. The number of aromatic hydroxyl groups is 1. The van der Waals surface area contributed by atoms with Gasteiger partial charge in [0.25, 0.3) is 0 Å². The fraction of sp³-hybridized carbons (Fsp3) is 0.536. The quantitative estimate of drug-likeness (QED) is 0.509. The average Bonchev–Trinajstić information content (AvgIpc) is 2.70. The SMILES string of the molecule is CC.CC.CC(=O)c1cc(O)cc(CCc2ccc(C)c(C(C)(C)C)c2)c1.CCC. The van der Waals surface area contributed by atoms with Gasteiger partial charge in [-0.05, 0) is 72.6 Å². The summed E-state index contributed by atoms with van der Waals surface area (Å²) >= 11 is 0. The maximum atomic E-state index is 11.5. The highest BCUT2D eigenvalue weighted by Gasteiger charge is 2.16. The van der Waals surface area contributed by atoms with Crippen LogP contribution in [0.1, 0.15) is 108 Å². The Morgan fingerprint density at radius 3 is 1.83 bits per heavy atom. The number of phenolic OH excluding ortho intramolecular Hbond substituents is 1. The Morgan fingerprint density at radius 2 is 1.37 bits per heavy atom. The summed E-state index contributed by atoms with van der Waals surface area (Å²) in [6.45, 7) is 22.6. The van der Waals surface area contributed by atoms with Crippen molar-refractivity contribution in [3.63, 3.8) is 0 Å². The second kappa shape index (κ2) is 15.7. The number of rotatable bonds is 4. The van der Waals surface area contributed by atoms with Gasteiger partial charge in [-0.25, -0.2) is 0 Å². The van der Waals surface area contributed by atoms with Crippen LogP contribution in [0.15, 0.2) is 36.4 Å². The minimum atomic E-state index is -0.0208. The van der Waals surface area contributed by atoms with Crippen LogP contribution < -0.4 is 0 Å². The predicted molar refractivity (Wildman–Crippen MR) is 134 cm³/mol. The van der Waals surface area contributed by atoms with Gasteiger partial charge in [0.05, 0.1) is 0 Å². The van der Waals surface area contributed by atoms with Crippen LogP contribution in [0.4, 0.5) is 0 Å². The van der Waals surface area contributed by atoms with E-state index < -0.39 is 0 Å². The molecular weight excluding hydrogens is 368 g/mol. The maximum absolute atomic E-state index is 11.5. The molecule has 30 heavy (non-hydrogen) atoms. The summed E-state index contributed by atoms with van der Waals surface area (Å²) in [5.74, 6) is 0.138. The molecule has 0 saturated carbocycles. The van der Waals surface area contributed by atoms with E-state index in [1.54, 1.807) is 6.07 Å². The molecule has 0 heterocycles. The average molecular weight is 415 g/mol. The van der Waals surface area contributed by atoms with Gasteiger partial charge in [0.2, 0.25) is 0 Å². The maximum Gasteiger partial charge on any atom is 0.159 e. The Bertz CT molecular complexity index is 737. The highest BCUT2D eigenvalue weighted by molar-refractivity contribution is 5.94. The van der Waals surface area contributed by atoms with Crippen LogP contribution in [0.5, 0.6) is 5.75 Å². The first-order valence-electron chi connectivity index (χ1n) is 11.5. The third-order valence-electron chi connectivity index (χ3n) is 4.20. The number of Topliss-reactive ketones (excluding diaryl/α,β-unsaturated/α-hetero) is 1. The third-order valence-corrected chi connectivity index (χ3v) is 4.20. The van der Waals surface area contributed by atoms with Crippen molar-refractivity contribution in [1.82, 2.24) is 0 Å². The van der Waals surface area contributed by atoms with Crippen LogP contribution in [0, 0.1) is 6.92 Å². The van der Waals surface area contributed by atoms with Crippen molar-refractivity contribution in [2.75, 3.05) is 0 Å². The lowest BCUT2D eigenvalue weighted by Crippen LogP contribution is -2.13. The van der Waals surface area contributed by atoms with E-state index in [0.29, 0.717) is 5.56 Å². The van der Waals surface area contributed by atoms with Crippen molar-refractivity contribution >= 4 is 5.78 Å². The van der Waals surface area contributed by atoms with Crippen LogP contribution in [0.25, 0.3) is 0 Å². The summed E-state index contributed by atoms with van der Waals surface area (Å²) in [5.41, 5.74) is 5.67. The van der Waals surface area contributed by atoms with E-state index >= 15 is 0 Å². The number of ketones is 1. The molecule has 0 aliphatic rings. The van der Waals surface area contributed by atoms with Gasteiger partial charge in [0, 0.05) is 5.56 Å². The molecule has 0 spiro atoms. The lowest BCUT2D eigenvalue weighted by molar-refractivity contribution is 0.101. The van der Waals surface area contributed by atoms with Crippen molar-refractivity contribution in [3.8, 4) is 5.75 Å². The van der Waals surface area contributed by atoms with Crippen LogP contribution in [-0.2, 0) is 18.3 Å². The number of aryl methyl sites for hydroxylation is 3. The highest BCUT2D eigenvalue weighted by atomic mass is 16.3. The molecule has 0 radical (unpaired) electrons. The van der Waals surface area contributed by atoms with Crippen molar-refractivity contribution in [3.05, 3.63) is 64.2 Å². The van der Waals surface area contributed by atoms with Gasteiger partial charge >= 0.3 is 0 Å². The Kier molecular flexibility index (Phi) is 15.8. The van der Waals surface area contributed by atoms with E-state index in [0.717, 1.165) is 18.4 Å². The van der Waals surface area contributed by atoms with Gasteiger partial charge in [0.1, 0.15) is 5.75 Å². The lowest BCUT2D eigenvalue weighted by Gasteiger charge is -2.22. The first kappa shape index (κ1) is 30.1. The third kappa shape index (κ3) is 11.2. The van der Waals surface area contributed by atoms with E-state index in [1.165, 1.54) is 36.1 Å². The minimum Gasteiger partial charge on any atom is -0.508 e. The van der Waals surface area contributed by atoms with Crippen molar-refractivity contribution in [2.24, 2.45) is 0 Å². The summed E-state index contributed by atoms with van der Waals surface area (Å²) in [6.07, 6.45) is 2.95. The lowest BCUT2D eigenvalue weighted by atomic mass is 9.83. The molecule has 0 aromatic heterocycles. The summed E-state index contributed by atoms with van der Waals surface area (Å²) in [5, 5.41) is 9.77. The Hall–Kier alpha value is -2.09. The molecule has 2 heteroatoms. The topological polar surface area (TPSA) is 37.3 Å². The molecule has 0 unspecified atom stereocenters. The fourth-order valence-corrected chi connectivity index (χ4v) is 2.94. The number of hydrogen-bond acceptors (Lipinski definition) is 2. The van der Waals surface area contributed by atoms with Gasteiger partial charge in [-0.3, -0.25) is 4.79 Å².